The molecule has 15 heavy (non-hydrogen) atoms. The third-order valence-electron chi connectivity index (χ3n) is 2.04. The van der Waals surface area contributed by atoms with Crippen molar-refractivity contribution in [1.29, 1.82) is 0 Å². The van der Waals surface area contributed by atoms with Crippen LogP contribution in [0.3, 0.4) is 0 Å². The van der Waals surface area contributed by atoms with Crippen LogP contribution in [0.4, 0.5) is 17.2 Å². The van der Waals surface area contributed by atoms with Crippen molar-refractivity contribution in [1.82, 2.24) is 10.2 Å². The molecule has 2 aromatic rings. The monoisotopic (exact) mass is 204 g/mol. The molecule has 5 nitrogen and oxygen atoms in total. The Kier molecular flexibility index (Phi) is 2.45. The van der Waals surface area contributed by atoms with E-state index in [0.29, 0.717) is 5.82 Å². The van der Waals surface area contributed by atoms with E-state index in [9.17, 15) is 0 Å². The van der Waals surface area contributed by atoms with E-state index >= 15 is 0 Å². The van der Waals surface area contributed by atoms with Gasteiger partial charge in [0.2, 0.25) is 0 Å². The van der Waals surface area contributed by atoms with Gasteiger partial charge >= 0.3 is 0 Å². The van der Waals surface area contributed by atoms with Gasteiger partial charge in [-0.15, -0.1) is 0 Å². The Labute approximate surface area is 87.3 Å². The topological polar surface area (TPSA) is 76.0 Å². The largest absolute Gasteiger partial charge is 0.497 e. The molecular formula is C10H12N4O. The van der Waals surface area contributed by atoms with Crippen LogP contribution in [-0.4, -0.2) is 17.3 Å². The van der Waals surface area contributed by atoms with Crippen molar-refractivity contribution in [2.45, 2.75) is 0 Å². The normalized spacial score (nSPS) is 9.93. The summed E-state index contributed by atoms with van der Waals surface area (Å²) in [5.41, 5.74) is 7.31. The quantitative estimate of drug-likeness (QED) is 0.711. The molecule has 78 valence electrons. The molecular weight excluding hydrogens is 192 g/mol. The molecule has 1 heterocycles. The molecule has 0 unspecified atom stereocenters. The number of benzene rings is 1. The third-order valence-corrected chi connectivity index (χ3v) is 2.04. The van der Waals surface area contributed by atoms with E-state index in [2.05, 4.69) is 15.5 Å². The summed E-state index contributed by atoms with van der Waals surface area (Å²) in [4.78, 5) is 0. The lowest BCUT2D eigenvalue weighted by molar-refractivity contribution is 0.415. The van der Waals surface area contributed by atoms with Crippen LogP contribution < -0.4 is 15.8 Å². The van der Waals surface area contributed by atoms with Crippen LogP contribution in [0.1, 0.15) is 0 Å². The summed E-state index contributed by atoms with van der Waals surface area (Å²) in [6.45, 7) is 0. The van der Waals surface area contributed by atoms with Gasteiger partial charge in [-0.2, -0.15) is 5.10 Å². The number of methoxy groups -OCH3 is 1. The fourth-order valence-electron chi connectivity index (χ4n) is 1.23. The number of anilines is 3. The Hall–Kier alpha value is -2.17. The molecule has 0 aliphatic carbocycles. The average molecular weight is 204 g/mol. The molecule has 0 aliphatic heterocycles. The number of aromatic nitrogens is 2. The SMILES string of the molecule is COc1ccc(Nc2c[nH]nc2N)cc1. The van der Waals surface area contributed by atoms with Crippen molar-refractivity contribution < 1.29 is 4.74 Å². The molecule has 0 saturated heterocycles. The average Bonchev–Trinajstić information content (AvgIpc) is 2.66. The van der Waals surface area contributed by atoms with Crippen LogP contribution in [0, 0.1) is 0 Å². The Morgan fingerprint density at radius 3 is 2.60 bits per heavy atom. The van der Waals surface area contributed by atoms with E-state index in [1.54, 1.807) is 13.3 Å². The maximum Gasteiger partial charge on any atom is 0.169 e. The predicted molar refractivity (Wildman–Crippen MR) is 59.3 cm³/mol. The van der Waals surface area contributed by atoms with E-state index in [4.69, 9.17) is 10.5 Å². The Balaban J connectivity index is 2.14. The first kappa shape index (κ1) is 9.39. The highest BCUT2D eigenvalue weighted by atomic mass is 16.5. The third kappa shape index (κ3) is 2.01. The van der Waals surface area contributed by atoms with Crippen LogP contribution >= 0.6 is 0 Å². The second-order valence-electron chi connectivity index (χ2n) is 3.04. The molecule has 2 rings (SSSR count). The highest BCUT2D eigenvalue weighted by Crippen LogP contribution is 2.22. The summed E-state index contributed by atoms with van der Waals surface area (Å²) >= 11 is 0. The molecule has 0 fully saturated rings. The van der Waals surface area contributed by atoms with Gasteiger partial charge in [-0.25, -0.2) is 0 Å². The minimum absolute atomic E-state index is 0.450. The first-order valence-corrected chi connectivity index (χ1v) is 4.50. The van der Waals surface area contributed by atoms with Crippen LogP contribution in [0.2, 0.25) is 0 Å². The van der Waals surface area contributed by atoms with Crippen LogP contribution in [0.15, 0.2) is 30.5 Å². The lowest BCUT2D eigenvalue weighted by Gasteiger charge is -2.05. The lowest BCUT2D eigenvalue weighted by atomic mass is 10.3. The van der Waals surface area contributed by atoms with Gasteiger partial charge in [0.15, 0.2) is 5.82 Å². The number of aromatic amines is 1. The minimum atomic E-state index is 0.450. The minimum Gasteiger partial charge on any atom is -0.497 e. The van der Waals surface area contributed by atoms with Gasteiger partial charge in [0.1, 0.15) is 11.4 Å². The molecule has 1 aromatic heterocycles. The second-order valence-corrected chi connectivity index (χ2v) is 3.04. The van der Waals surface area contributed by atoms with Crippen molar-refractivity contribution >= 4 is 17.2 Å². The molecule has 0 atom stereocenters. The van der Waals surface area contributed by atoms with E-state index in [-0.39, 0.29) is 0 Å². The Morgan fingerprint density at radius 1 is 1.33 bits per heavy atom. The molecule has 1 aromatic carbocycles. The van der Waals surface area contributed by atoms with Gasteiger partial charge < -0.3 is 15.8 Å². The lowest BCUT2D eigenvalue weighted by Crippen LogP contribution is -1.93. The zero-order valence-electron chi connectivity index (χ0n) is 8.32. The van der Waals surface area contributed by atoms with E-state index in [1.165, 1.54) is 0 Å². The highest BCUT2D eigenvalue weighted by Gasteiger charge is 2.01. The van der Waals surface area contributed by atoms with Gasteiger partial charge in [-0.3, -0.25) is 5.10 Å². The zero-order chi connectivity index (χ0) is 10.7. The molecule has 4 N–H and O–H groups in total. The number of rotatable bonds is 3. The number of nitrogens with two attached hydrogens (primary N) is 1. The van der Waals surface area contributed by atoms with Crippen molar-refractivity contribution in [2.24, 2.45) is 0 Å². The number of nitrogens with one attached hydrogen (secondary N) is 2. The van der Waals surface area contributed by atoms with Gasteiger partial charge in [-0.1, -0.05) is 0 Å². The van der Waals surface area contributed by atoms with Crippen molar-refractivity contribution in [3.05, 3.63) is 30.5 Å². The van der Waals surface area contributed by atoms with Crippen LogP contribution in [-0.2, 0) is 0 Å². The number of nitrogen functional groups attached to an aromatic ring is 1. The van der Waals surface area contributed by atoms with Crippen molar-refractivity contribution in [2.75, 3.05) is 18.2 Å². The Bertz CT molecular complexity index is 435. The van der Waals surface area contributed by atoms with Gasteiger partial charge in [-0.05, 0) is 24.3 Å². The number of hydrogen-bond acceptors (Lipinski definition) is 4. The predicted octanol–water partition coefficient (Wildman–Crippen LogP) is 1.74. The molecule has 5 heteroatoms. The van der Waals surface area contributed by atoms with E-state index < -0.39 is 0 Å². The number of ether oxygens (including phenoxy) is 1. The van der Waals surface area contributed by atoms with Gasteiger partial charge in [0, 0.05) is 11.9 Å². The molecule has 0 bridgehead atoms. The van der Waals surface area contributed by atoms with Gasteiger partial charge in [0.05, 0.1) is 7.11 Å². The number of hydrogen-bond donors (Lipinski definition) is 3. The van der Waals surface area contributed by atoms with Gasteiger partial charge in [0.25, 0.3) is 0 Å². The van der Waals surface area contributed by atoms with Crippen molar-refractivity contribution in [3.63, 3.8) is 0 Å². The maximum absolute atomic E-state index is 5.61. The summed E-state index contributed by atoms with van der Waals surface area (Å²) in [6.07, 6.45) is 1.71. The van der Waals surface area contributed by atoms with Crippen molar-refractivity contribution in [3.8, 4) is 5.75 Å². The standard InChI is InChI=1S/C10H12N4O/c1-15-8-4-2-7(3-5-8)13-9-6-12-14-10(9)11/h2-6,13H,1H3,(H3,11,12,14). The first-order chi connectivity index (χ1) is 7.29. The summed E-state index contributed by atoms with van der Waals surface area (Å²) in [7, 11) is 1.64. The fourth-order valence-corrected chi connectivity index (χ4v) is 1.23. The van der Waals surface area contributed by atoms with E-state index in [1.807, 2.05) is 24.3 Å². The smallest absolute Gasteiger partial charge is 0.169 e. The van der Waals surface area contributed by atoms with Crippen LogP contribution in [0.25, 0.3) is 0 Å². The first-order valence-electron chi connectivity index (χ1n) is 4.50. The highest BCUT2D eigenvalue weighted by molar-refractivity contribution is 5.68. The molecule has 0 radical (unpaired) electrons. The summed E-state index contributed by atoms with van der Waals surface area (Å²) in [6, 6.07) is 7.56. The molecule has 0 spiro atoms. The fraction of sp³-hybridized carbons (Fsp3) is 0.100. The zero-order valence-corrected chi connectivity index (χ0v) is 8.32. The summed E-state index contributed by atoms with van der Waals surface area (Å²) in [5.74, 6) is 1.27. The molecule has 0 saturated carbocycles. The number of H-pyrrole nitrogens is 1. The maximum atomic E-state index is 5.61. The molecule has 0 amide bonds. The summed E-state index contributed by atoms with van der Waals surface area (Å²) < 4.78 is 5.06. The second kappa shape index (κ2) is 3.91. The number of nitrogens with zero attached hydrogens (tertiary/aromatic N) is 1. The molecule has 0 aliphatic rings. The Morgan fingerprint density at radius 2 is 2.07 bits per heavy atom. The van der Waals surface area contributed by atoms with E-state index in [0.717, 1.165) is 17.1 Å². The summed E-state index contributed by atoms with van der Waals surface area (Å²) in [5, 5.41) is 9.62. The van der Waals surface area contributed by atoms with Crippen LogP contribution in [0.5, 0.6) is 5.75 Å².